The highest BCUT2D eigenvalue weighted by Crippen LogP contribution is 2.23. The van der Waals surface area contributed by atoms with E-state index in [9.17, 15) is 0 Å². The van der Waals surface area contributed by atoms with Crippen molar-refractivity contribution in [3.63, 3.8) is 0 Å². The van der Waals surface area contributed by atoms with Crippen molar-refractivity contribution in [2.24, 2.45) is 5.92 Å². The Morgan fingerprint density at radius 1 is 1.64 bits per heavy atom. The molecule has 1 aliphatic rings. The summed E-state index contributed by atoms with van der Waals surface area (Å²) in [4.78, 5) is 0. The maximum absolute atomic E-state index is 8.91. The molecule has 72 valence electrons. The fourth-order valence-corrected chi connectivity index (χ4v) is 1.52. The van der Waals surface area contributed by atoms with Gasteiger partial charge in [0.25, 0.3) is 0 Å². The van der Waals surface area contributed by atoms with E-state index in [4.69, 9.17) is 15.7 Å². The van der Waals surface area contributed by atoms with E-state index in [1.165, 1.54) is 0 Å². The van der Waals surface area contributed by atoms with Gasteiger partial charge >= 0.3 is 0 Å². The molecule has 1 aliphatic heterocycles. The van der Waals surface area contributed by atoms with Gasteiger partial charge in [-0.05, 0) is 24.1 Å². The van der Waals surface area contributed by atoms with Gasteiger partial charge in [-0.2, -0.15) is 5.26 Å². The van der Waals surface area contributed by atoms with Crippen LogP contribution in [0.2, 0.25) is 0 Å². The summed E-state index contributed by atoms with van der Waals surface area (Å²) in [6.45, 7) is 0.723. The van der Waals surface area contributed by atoms with E-state index in [0.29, 0.717) is 0 Å². The van der Waals surface area contributed by atoms with Crippen LogP contribution in [0.1, 0.15) is 5.56 Å². The van der Waals surface area contributed by atoms with Crippen LogP contribution in [-0.2, 0) is 11.2 Å². The molecular weight excluding hydrogens is 176 g/mol. The Morgan fingerprint density at radius 2 is 2.43 bits per heavy atom. The second-order valence-corrected chi connectivity index (χ2v) is 3.56. The standard InChI is InChI=1S/C11H12N2O/c12-6-9(11-7-14-11)4-8-2-1-3-10(13)5-8/h1-3,5,9,11H,4,7,13H2. The van der Waals surface area contributed by atoms with Crippen LogP contribution < -0.4 is 5.73 Å². The van der Waals surface area contributed by atoms with Gasteiger partial charge in [0.1, 0.15) is 0 Å². The highest BCUT2D eigenvalue weighted by atomic mass is 16.6. The average molecular weight is 188 g/mol. The van der Waals surface area contributed by atoms with Crippen molar-refractivity contribution in [2.45, 2.75) is 12.5 Å². The molecule has 1 aromatic rings. The number of hydrogen-bond acceptors (Lipinski definition) is 3. The predicted octanol–water partition coefficient (Wildman–Crippen LogP) is 1.35. The number of nitrogen functional groups attached to an aromatic ring is 1. The highest BCUT2D eigenvalue weighted by molar-refractivity contribution is 5.40. The van der Waals surface area contributed by atoms with Crippen LogP contribution in [0.5, 0.6) is 0 Å². The van der Waals surface area contributed by atoms with Gasteiger partial charge in [-0.15, -0.1) is 0 Å². The zero-order valence-electron chi connectivity index (χ0n) is 7.81. The van der Waals surface area contributed by atoms with Crippen LogP contribution in [0.25, 0.3) is 0 Å². The lowest BCUT2D eigenvalue weighted by molar-refractivity contribution is 0.363. The van der Waals surface area contributed by atoms with Crippen molar-refractivity contribution in [3.05, 3.63) is 29.8 Å². The number of epoxide rings is 1. The third-order valence-corrected chi connectivity index (χ3v) is 2.38. The SMILES string of the molecule is N#CC(Cc1cccc(N)c1)C1CO1. The Kier molecular flexibility index (Phi) is 2.38. The largest absolute Gasteiger partial charge is 0.399 e. The first-order chi connectivity index (χ1) is 6.79. The molecule has 3 heteroatoms. The first-order valence-electron chi connectivity index (χ1n) is 4.65. The van der Waals surface area contributed by atoms with E-state index in [1.54, 1.807) is 0 Å². The van der Waals surface area contributed by atoms with Crippen molar-refractivity contribution >= 4 is 5.69 Å². The van der Waals surface area contributed by atoms with Crippen LogP contribution in [-0.4, -0.2) is 12.7 Å². The van der Waals surface area contributed by atoms with Crippen LogP contribution in [0.15, 0.2) is 24.3 Å². The number of benzene rings is 1. The fraction of sp³-hybridized carbons (Fsp3) is 0.364. The summed E-state index contributed by atoms with van der Waals surface area (Å²) in [6, 6.07) is 9.92. The molecule has 3 nitrogen and oxygen atoms in total. The molecule has 0 saturated carbocycles. The summed E-state index contributed by atoms with van der Waals surface area (Å²) in [7, 11) is 0. The van der Waals surface area contributed by atoms with Gasteiger partial charge in [0.15, 0.2) is 0 Å². The summed E-state index contributed by atoms with van der Waals surface area (Å²) in [5, 5.41) is 8.91. The fourth-order valence-electron chi connectivity index (χ4n) is 1.52. The van der Waals surface area contributed by atoms with E-state index < -0.39 is 0 Å². The third-order valence-electron chi connectivity index (χ3n) is 2.38. The number of hydrogen-bond donors (Lipinski definition) is 1. The number of anilines is 1. The zero-order chi connectivity index (χ0) is 9.97. The Hall–Kier alpha value is -1.53. The number of nitriles is 1. The van der Waals surface area contributed by atoms with Crippen LogP contribution in [0.3, 0.4) is 0 Å². The van der Waals surface area contributed by atoms with Crippen LogP contribution in [0, 0.1) is 17.2 Å². The van der Waals surface area contributed by atoms with Crippen molar-refractivity contribution in [2.75, 3.05) is 12.3 Å². The number of nitrogens with zero attached hydrogens (tertiary/aromatic N) is 1. The Balaban J connectivity index is 2.05. The molecule has 0 aromatic heterocycles. The van der Waals surface area contributed by atoms with Crippen molar-refractivity contribution in [1.29, 1.82) is 5.26 Å². The van der Waals surface area contributed by atoms with Gasteiger partial charge < -0.3 is 10.5 Å². The predicted molar refractivity (Wildman–Crippen MR) is 53.4 cm³/mol. The molecule has 0 amide bonds. The molecule has 1 heterocycles. The van der Waals surface area contributed by atoms with Gasteiger partial charge in [-0.1, -0.05) is 12.1 Å². The van der Waals surface area contributed by atoms with Gasteiger partial charge in [-0.25, -0.2) is 0 Å². The van der Waals surface area contributed by atoms with Gasteiger partial charge in [0.2, 0.25) is 0 Å². The molecule has 0 spiro atoms. The summed E-state index contributed by atoms with van der Waals surface area (Å²) in [5.74, 6) is -0.0307. The van der Waals surface area contributed by atoms with E-state index >= 15 is 0 Å². The normalized spacial score (nSPS) is 21.2. The molecule has 0 aliphatic carbocycles. The lowest BCUT2D eigenvalue weighted by Crippen LogP contribution is -2.09. The Morgan fingerprint density at radius 3 is 3.00 bits per heavy atom. The average Bonchev–Trinajstić information content (AvgIpc) is 2.97. The zero-order valence-corrected chi connectivity index (χ0v) is 7.81. The lowest BCUT2D eigenvalue weighted by Gasteiger charge is -2.05. The molecule has 2 unspecified atom stereocenters. The summed E-state index contributed by atoms with van der Waals surface area (Å²) < 4.78 is 5.11. The first-order valence-corrected chi connectivity index (χ1v) is 4.65. The van der Waals surface area contributed by atoms with E-state index in [1.807, 2.05) is 24.3 Å². The van der Waals surface area contributed by atoms with Crippen molar-refractivity contribution in [3.8, 4) is 6.07 Å². The quantitative estimate of drug-likeness (QED) is 0.575. The smallest absolute Gasteiger partial charge is 0.0970 e. The highest BCUT2D eigenvalue weighted by Gasteiger charge is 2.32. The molecule has 2 N–H and O–H groups in total. The number of ether oxygens (including phenoxy) is 1. The molecule has 2 atom stereocenters. The molecule has 1 saturated heterocycles. The minimum Gasteiger partial charge on any atom is -0.399 e. The Labute approximate surface area is 83.1 Å². The van der Waals surface area contributed by atoms with E-state index in [2.05, 4.69) is 6.07 Å². The number of rotatable bonds is 3. The maximum atomic E-state index is 8.91. The van der Waals surface area contributed by atoms with Crippen molar-refractivity contribution in [1.82, 2.24) is 0 Å². The molecule has 0 bridgehead atoms. The third kappa shape index (κ3) is 2.04. The summed E-state index contributed by atoms with van der Waals surface area (Å²) in [6.07, 6.45) is 0.869. The lowest BCUT2D eigenvalue weighted by atomic mass is 9.98. The molecule has 2 rings (SSSR count). The minimum atomic E-state index is -0.0307. The molecule has 0 radical (unpaired) electrons. The molecule has 1 fully saturated rings. The molecular formula is C11H12N2O. The van der Waals surface area contributed by atoms with Crippen LogP contribution in [0.4, 0.5) is 5.69 Å². The van der Waals surface area contributed by atoms with E-state index in [-0.39, 0.29) is 12.0 Å². The Bertz CT molecular complexity index is 366. The van der Waals surface area contributed by atoms with Crippen molar-refractivity contribution < 1.29 is 4.74 Å². The number of nitrogens with two attached hydrogens (primary N) is 1. The van der Waals surface area contributed by atoms with E-state index in [0.717, 1.165) is 24.3 Å². The molecule has 14 heavy (non-hydrogen) atoms. The van der Waals surface area contributed by atoms with Gasteiger partial charge in [-0.3, -0.25) is 0 Å². The summed E-state index contributed by atoms with van der Waals surface area (Å²) >= 11 is 0. The van der Waals surface area contributed by atoms with Crippen LogP contribution >= 0.6 is 0 Å². The van der Waals surface area contributed by atoms with Gasteiger partial charge in [0, 0.05) is 5.69 Å². The minimum absolute atomic E-state index is 0.0307. The second-order valence-electron chi connectivity index (χ2n) is 3.56. The first kappa shape index (κ1) is 9.04. The topological polar surface area (TPSA) is 62.3 Å². The molecule has 1 aromatic carbocycles. The van der Waals surface area contributed by atoms with Gasteiger partial charge in [0.05, 0.1) is 24.7 Å². The second kappa shape index (κ2) is 3.69. The maximum Gasteiger partial charge on any atom is 0.0970 e. The monoisotopic (exact) mass is 188 g/mol. The summed E-state index contributed by atoms with van der Waals surface area (Å²) in [5.41, 5.74) is 7.50.